The van der Waals surface area contributed by atoms with Crippen LogP contribution in [-0.2, 0) is 0 Å². The third-order valence-corrected chi connectivity index (χ3v) is 4.66. The van der Waals surface area contributed by atoms with Gasteiger partial charge in [0.15, 0.2) is 0 Å². The summed E-state index contributed by atoms with van der Waals surface area (Å²) in [6.45, 7) is 9.33. The number of nitrogens with zero attached hydrogens (tertiary/aromatic N) is 2. The van der Waals surface area contributed by atoms with Crippen molar-refractivity contribution in [3.63, 3.8) is 0 Å². The predicted molar refractivity (Wildman–Crippen MR) is 79.4 cm³/mol. The number of likely N-dealkylation sites (tertiary alicyclic amines) is 2. The van der Waals surface area contributed by atoms with Gasteiger partial charge in [0, 0.05) is 18.6 Å². The van der Waals surface area contributed by atoms with Gasteiger partial charge >= 0.3 is 0 Å². The van der Waals surface area contributed by atoms with Gasteiger partial charge < -0.3 is 20.2 Å². The minimum Gasteiger partial charge on any atom is -0.395 e. The summed E-state index contributed by atoms with van der Waals surface area (Å²) < 4.78 is 0. The molecule has 2 aliphatic rings. The molecule has 112 valence electrons. The molecule has 1 unspecified atom stereocenters. The predicted octanol–water partition coefficient (Wildman–Crippen LogP) is 0.907. The summed E-state index contributed by atoms with van der Waals surface area (Å²) in [4.78, 5) is 5.23. The van der Waals surface area contributed by atoms with Gasteiger partial charge in [-0.1, -0.05) is 13.3 Å². The Labute approximate surface area is 118 Å². The zero-order valence-electron chi connectivity index (χ0n) is 12.5. The maximum absolute atomic E-state index is 9.35. The largest absolute Gasteiger partial charge is 0.395 e. The van der Waals surface area contributed by atoms with Crippen LogP contribution < -0.4 is 5.32 Å². The summed E-state index contributed by atoms with van der Waals surface area (Å²) in [6, 6.07) is 1.07. The highest BCUT2D eigenvalue weighted by atomic mass is 16.3. The van der Waals surface area contributed by atoms with E-state index in [-0.39, 0.29) is 12.6 Å². The molecule has 2 saturated heterocycles. The molecule has 0 aromatic rings. The smallest absolute Gasteiger partial charge is 0.0597 e. The molecule has 2 N–H and O–H groups in total. The number of aliphatic hydroxyl groups excluding tert-OH is 1. The summed E-state index contributed by atoms with van der Waals surface area (Å²) in [6.07, 6.45) is 6.84. The van der Waals surface area contributed by atoms with Crippen LogP contribution >= 0.6 is 0 Å². The van der Waals surface area contributed by atoms with Crippen LogP contribution in [0.3, 0.4) is 0 Å². The highest BCUT2D eigenvalue weighted by Gasteiger charge is 2.26. The van der Waals surface area contributed by atoms with E-state index < -0.39 is 0 Å². The Balaban J connectivity index is 1.69. The van der Waals surface area contributed by atoms with E-state index in [1.54, 1.807) is 0 Å². The van der Waals surface area contributed by atoms with Gasteiger partial charge in [-0.2, -0.15) is 0 Å². The van der Waals surface area contributed by atoms with Crippen molar-refractivity contribution in [2.24, 2.45) is 0 Å². The molecular formula is C15H31N3O. The Morgan fingerprint density at radius 2 is 1.79 bits per heavy atom. The first-order chi connectivity index (χ1) is 9.33. The fourth-order valence-corrected chi connectivity index (χ4v) is 3.54. The van der Waals surface area contributed by atoms with Crippen LogP contribution in [0, 0.1) is 0 Å². The molecule has 2 heterocycles. The second-order valence-electron chi connectivity index (χ2n) is 6.07. The highest BCUT2D eigenvalue weighted by Crippen LogP contribution is 2.20. The summed E-state index contributed by atoms with van der Waals surface area (Å²) in [5.74, 6) is 0. The SMILES string of the molecule is CCNC(CO)CN1CCC(N2CCCCC2)CC1. The van der Waals surface area contributed by atoms with E-state index in [2.05, 4.69) is 22.0 Å². The monoisotopic (exact) mass is 269 g/mol. The molecule has 1 atom stereocenters. The second-order valence-corrected chi connectivity index (χ2v) is 6.07. The summed E-state index contributed by atoms with van der Waals surface area (Å²) in [5, 5.41) is 12.7. The van der Waals surface area contributed by atoms with Crippen LogP contribution in [0.4, 0.5) is 0 Å². The molecule has 0 spiro atoms. The van der Waals surface area contributed by atoms with Crippen molar-refractivity contribution in [3.05, 3.63) is 0 Å². The number of rotatable bonds is 6. The summed E-state index contributed by atoms with van der Waals surface area (Å²) in [7, 11) is 0. The molecular weight excluding hydrogens is 238 g/mol. The van der Waals surface area contributed by atoms with E-state index >= 15 is 0 Å². The molecule has 0 aliphatic carbocycles. The Bertz CT molecular complexity index is 236. The van der Waals surface area contributed by atoms with Gasteiger partial charge in [-0.25, -0.2) is 0 Å². The average Bonchev–Trinajstić information content (AvgIpc) is 2.48. The maximum Gasteiger partial charge on any atom is 0.0597 e. The van der Waals surface area contributed by atoms with Crippen LogP contribution in [0.5, 0.6) is 0 Å². The third-order valence-electron chi connectivity index (χ3n) is 4.66. The van der Waals surface area contributed by atoms with Crippen LogP contribution in [0.2, 0.25) is 0 Å². The minimum absolute atomic E-state index is 0.247. The van der Waals surface area contributed by atoms with E-state index in [9.17, 15) is 5.11 Å². The lowest BCUT2D eigenvalue weighted by Gasteiger charge is -2.41. The molecule has 4 nitrogen and oxygen atoms in total. The maximum atomic E-state index is 9.35. The van der Waals surface area contributed by atoms with Crippen LogP contribution in [-0.4, -0.2) is 72.9 Å². The molecule has 2 rings (SSSR count). The molecule has 2 fully saturated rings. The van der Waals surface area contributed by atoms with Gasteiger partial charge in [0.1, 0.15) is 0 Å². The minimum atomic E-state index is 0.247. The van der Waals surface area contributed by atoms with Crippen LogP contribution in [0.15, 0.2) is 0 Å². The van der Waals surface area contributed by atoms with Crippen molar-refractivity contribution in [1.82, 2.24) is 15.1 Å². The lowest BCUT2D eigenvalue weighted by atomic mass is 9.99. The fraction of sp³-hybridized carbons (Fsp3) is 1.00. The molecule has 0 aromatic heterocycles. The van der Waals surface area contributed by atoms with E-state index in [1.165, 1.54) is 58.3 Å². The zero-order valence-corrected chi connectivity index (χ0v) is 12.5. The molecule has 4 heteroatoms. The first-order valence-electron chi connectivity index (χ1n) is 8.14. The summed E-state index contributed by atoms with van der Waals surface area (Å²) >= 11 is 0. The topological polar surface area (TPSA) is 38.7 Å². The van der Waals surface area contributed by atoms with Crippen molar-refractivity contribution in [3.8, 4) is 0 Å². The van der Waals surface area contributed by atoms with Crippen molar-refractivity contribution in [2.45, 2.75) is 51.1 Å². The number of nitrogens with one attached hydrogen (secondary N) is 1. The molecule has 19 heavy (non-hydrogen) atoms. The van der Waals surface area contributed by atoms with Crippen molar-refractivity contribution in [2.75, 3.05) is 45.9 Å². The van der Waals surface area contributed by atoms with Crippen molar-refractivity contribution >= 4 is 0 Å². The standard InChI is InChI=1S/C15H31N3O/c1-2-16-14(13-19)12-17-10-6-15(7-11-17)18-8-4-3-5-9-18/h14-16,19H,2-13H2,1H3. The van der Waals surface area contributed by atoms with Crippen molar-refractivity contribution in [1.29, 1.82) is 0 Å². The lowest BCUT2D eigenvalue weighted by molar-refractivity contribution is 0.0829. The zero-order chi connectivity index (χ0) is 13.5. The Morgan fingerprint density at radius 1 is 1.11 bits per heavy atom. The van der Waals surface area contributed by atoms with E-state index in [4.69, 9.17) is 0 Å². The van der Waals surface area contributed by atoms with Crippen LogP contribution in [0.1, 0.15) is 39.0 Å². The molecule has 2 aliphatic heterocycles. The number of hydrogen-bond donors (Lipinski definition) is 2. The Morgan fingerprint density at radius 3 is 2.37 bits per heavy atom. The Hall–Kier alpha value is -0.160. The van der Waals surface area contributed by atoms with E-state index in [1.807, 2.05) is 0 Å². The first kappa shape index (κ1) is 15.2. The molecule has 0 amide bonds. The quantitative estimate of drug-likeness (QED) is 0.752. The third kappa shape index (κ3) is 4.71. The van der Waals surface area contributed by atoms with Gasteiger partial charge in [-0.05, 0) is 58.4 Å². The van der Waals surface area contributed by atoms with Gasteiger partial charge in [0.25, 0.3) is 0 Å². The number of piperidine rings is 2. The summed E-state index contributed by atoms with van der Waals surface area (Å²) in [5.41, 5.74) is 0. The van der Waals surface area contributed by atoms with Gasteiger partial charge in [0.2, 0.25) is 0 Å². The second kappa shape index (κ2) is 8.20. The van der Waals surface area contributed by atoms with Gasteiger partial charge in [-0.3, -0.25) is 0 Å². The lowest BCUT2D eigenvalue weighted by Crippen LogP contribution is -2.50. The Kier molecular flexibility index (Phi) is 6.57. The number of likely N-dealkylation sites (N-methyl/N-ethyl adjacent to an activating group) is 1. The molecule has 0 aromatic carbocycles. The van der Waals surface area contributed by atoms with E-state index in [0.717, 1.165) is 19.1 Å². The van der Waals surface area contributed by atoms with Crippen LogP contribution in [0.25, 0.3) is 0 Å². The molecule has 0 bridgehead atoms. The average molecular weight is 269 g/mol. The number of hydrogen-bond acceptors (Lipinski definition) is 4. The van der Waals surface area contributed by atoms with Gasteiger partial charge in [-0.15, -0.1) is 0 Å². The highest BCUT2D eigenvalue weighted by molar-refractivity contribution is 4.83. The normalized spacial score (nSPS) is 25.6. The van der Waals surface area contributed by atoms with E-state index in [0.29, 0.717) is 0 Å². The number of aliphatic hydroxyl groups is 1. The van der Waals surface area contributed by atoms with Crippen molar-refractivity contribution < 1.29 is 5.11 Å². The molecule has 0 saturated carbocycles. The molecule has 0 radical (unpaired) electrons. The van der Waals surface area contributed by atoms with Gasteiger partial charge in [0.05, 0.1) is 6.61 Å². The first-order valence-corrected chi connectivity index (χ1v) is 8.14. The fourth-order valence-electron chi connectivity index (χ4n) is 3.54.